The van der Waals surface area contributed by atoms with Crippen molar-refractivity contribution in [2.24, 2.45) is 0 Å². The van der Waals surface area contributed by atoms with E-state index in [0.29, 0.717) is 16.4 Å². The van der Waals surface area contributed by atoms with Crippen molar-refractivity contribution in [1.82, 2.24) is 4.98 Å². The first-order valence-corrected chi connectivity index (χ1v) is 10.7. The van der Waals surface area contributed by atoms with Crippen molar-refractivity contribution in [3.63, 3.8) is 0 Å². The van der Waals surface area contributed by atoms with E-state index in [2.05, 4.69) is 10.3 Å². The van der Waals surface area contributed by atoms with Crippen molar-refractivity contribution in [1.29, 1.82) is 0 Å². The van der Waals surface area contributed by atoms with Gasteiger partial charge >= 0.3 is 0 Å². The number of halogens is 7. The van der Waals surface area contributed by atoms with Gasteiger partial charge in [-0.25, -0.2) is 26.9 Å². The highest BCUT2D eigenvalue weighted by Gasteiger charge is 2.31. The van der Waals surface area contributed by atoms with Crippen LogP contribution in [0, 0.1) is 29.1 Å². The lowest BCUT2D eigenvalue weighted by molar-refractivity contribution is 0.102. The fourth-order valence-corrected chi connectivity index (χ4v) is 4.14. The number of aromatic nitrogens is 1. The minimum absolute atomic E-state index is 0.00727. The molecule has 1 saturated heterocycles. The smallest absolute Gasteiger partial charge is 0.258 e. The molecule has 1 N–H and O–H groups in total. The maximum atomic E-state index is 14.1. The first-order valence-electron chi connectivity index (χ1n) is 9.91. The van der Waals surface area contributed by atoms with Crippen LogP contribution in [0.25, 0.3) is 0 Å². The van der Waals surface area contributed by atoms with Gasteiger partial charge in [-0.1, -0.05) is 23.2 Å². The van der Waals surface area contributed by atoms with Crippen LogP contribution in [0.2, 0.25) is 10.2 Å². The van der Waals surface area contributed by atoms with Crippen molar-refractivity contribution in [3.05, 3.63) is 81.4 Å². The summed E-state index contributed by atoms with van der Waals surface area (Å²) in [4.78, 5) is 19.1. The molecule has 1 aliphatic heterocycles. The van der Waals surface area contributed by atoms with Gasteiger partial charge in [0.1, 0.15) is 10.8 Å². The SMILES string of the molecule is O=C(Nc1ccc(N2CCN(c3c(F)c(F)c(F)c(F)c3F)CC2)c(Cl)c1)c1cccnc1Cl. The van der Waals surface area contributed by atoms with E-state index >= 15 is 0 Å². The third kappa shape index (κ3) is 4.47. The van der Waals surface area contributed by atoms with E-state index in [1.165, 1.54) is 18.3 Å². The first-order chi connectivity index (χ1) is 16.2. The van der Waals surface area contributed by atoms with Gasteiger partial charge in [0.05, 0.1) is 16.3 Å². The zero-order valence-electron chi connectivity index (χ0n) is 17.2. The molecule has 2 aromatic carbocycles. The fraction of sp³-hybridized carbons (Fsp3) is 0.182. The molecule has 1 aliphatic rings. The van der Waals surface area contributed by atoms with E-state index < -0.39 is 40.7 Å². The van der Waals surface area contributed by atoms with Gasteiger partial charge in [-0.15, -0.1) is 0 Å². The van der Waals surface area contributed by atoms with E-state index in [4.69, 9.17) is 23.2 Å². The zero-order chi connectivity index (χ0) is 24.6. The van der Waals surface area contributed by atoms with Crippen molar-refractivity contribution in [3.8, 4) is 0 Å². The highest BCUT2D eigenvalue weighted by Crippen LogP contribution is 2.33. The van der Waals surface area contributed by atoms with Gasteiger partial charge in [-0.2, -0.15) is 0 Å². The third-order valence-electron chi connectivity index (χ3n) is 5.33. The number of amides is 1. The Balaban J connectivity index is 1.46. The molecule has 1 amide bonds. The molecule has 1 fully saturated rings. The average Bonchev–Trinajstić information content (AvgIpc) is 2.82. The number of hydrogen-bond acceptors (Lipinski definition) is 4. The average molecular weight is 517 g/mol. The van der Waals surface area contributed by atoms with Crippen LogP contribution in [-0.2, 0) is 0 Å². The van der Waals surface area contributed by atoms with E-state index in [-0.39, 0.29) is 36.9 Å². The quantitative estimate of drug-likeness (QED) is 0.210. The Bertz CT molecular complexity index is 1240. The lowest BCUT2D eigenvalue weighted by atomic mass is 10.2. The van der Waals surface area contributed by atoms with Crippen LogP contribution in [0.15, 0.2) is 36.5 Å². The fourth-order valence-electron chi connectivity index (χ4n) is 3.64. The van der Waals surface area contributed by atoms with E-state index in [0.717, 1.165) is 4.90 Å². The number of carbonyl (C=O) groups excluding carboxylic acids is 1. The summed E-state index contributed by atoms with van der Waals surface area (Å²) < 4.78 is 68.7. The second kappa shape index (κ2) is 9.63. The summed E-state index contributed by atoms with van der Waals surface area (Å²) in [6.45, 7) is 0.395. The highest BCUT2D eigenvalue weighted by atomic mass is 35.5. The van der Waals surface area contributed by atoms with Crippen LogP contribution < -0.4 is 15.1 Å². The minimum atomic E-state index is -2.19. The van der Waals surface area contributed by atoms with Crippen LogP contribution in [0.1, 0.15) is 10.4 Å². The number of rotatable bonds is 4. The van der Waals surface area contributed by atoms with E-state index in [9.17, 15) is 26.7 Å². The summed E-state index contributed by atoms with van der Waals surface area (Å²) >= 11 is 12.3. The third-order valence-corrected chi connectivity index (χ3v) is 5.94. The normalized spacial score (nSPS) is 13.9. The Kier molecular flexibility index (Phi) is 6.81. The van der Waals surface area contributed by atoms with Gasteiger partial charge < -0.3 is 15.1 Å². The molecule has 0 unspecified atom stereocenters. The Morgan fingerprint density at radius 3 is 2.03 bits per heavy atom. The van der Waals surface area contributed by atoms with E-state index in [1.807, 2.05) is 0 Å². The molecule has 178 valence electrons. The molecule has 3 aromatic rings. The second-order valence-electron chi connectivity index (χ2n) is 7.35. The maximum absolute atomic E-state index is 14.1. The number of anilines is 3. The Morgan fingerprint density at radius 1 is 0.853 bits per heavy atom. The van der Waals surface area contributed by atoms with Crippen LogP contribution in [0.3, 0.4) is 0 Å². The molecule has 0 saturated carbocycles. The number of piperazine rings is 1. The van der Waals surface area contributed by atoms with Crippen molar-refractivity contribution in [2.75, 3.05) is 41.3 Å². The summed E-state index contributed by atoms with van der Waals surface area (Å²) in [5.74, 6) is -10.4. The zero-order valence-corrected chi connectivity index (χ0v) is 18.7. The predicted molar refractivity (Wildman–Crippen MR) is 119 cm³/mol. The molecule has 12 heteroatoms. The molecule has 2 heterocycles. The summed E-state index contributed by atoms with van der Waals surface area (Å²) in [5.41, 5.74) is 0.220. The van der Waals surface area contributed by atoms with Crippen LogP contribution in [-0.4, -0.2) is 37.1 Å². The van der Waals surface area contributed by atoms with Crippen molar-refractivity contribution >= 4 is 46.2 Å². The van der Waals surface area contributed by atoms with E-state index in [1.54, 1.807) is 23.1 Å². The van der Waals surface area contributed by atoms with Crippen molar-refractivity contribution < 1.29 is 26.7 Å². The maximum Gasteiger partial charge on any atom is 0.258 e. The molecular weight excluding hydrogens is 502 g/mol. The summed E-state index contributed by atoms with van der Waals surface area (Å²) in [6, 6.07) is 7.87. The Morgan fingerprint density at radius 2 is 1.44 bits per heavy atom. The molecule has 5 nitrogen and oxygen atoms in total. The van der Waals surface area contributed by atoms with Crippen molar-refractivity contribution in [2.45, 2.75) is 0 Å². The summed E-state index contributed by atoms with van der Waals surface area (Å²) in [6.07, 6.45) is 1.45. The van der Waals surface area contributed by atoms with Crippen LogP contribution in [0.5, 0.6) is 0 Å². The number of benzene rings is 2. The first kappa shape index (κ1) is 24.0. The topological polar surface area (TPSA) is 48.5 Å². The number of pyridine rings is 1. The molecule has 0 bridgehead atoms. The Hall–Kier alpha value is -3.11. The standard InChI is InChI=1S/C22H15Cl2F5N4O/c23-13-10-11(31-22(34)12-2-1-5-30-21(12)24)3-4-14(13)32-6-8-33(9-7-32)20-18(28)16(26)15(25)17(27)19(20)29/h1-5,10H,6-9H2,(H,31,34). The minimum Gasteiger partial charge on any atom is -0.367 e. The lowest BCUT2D eigenvalue weighted by Gasteiger charge is -2.38. The molecular formula is C22H15Cl2F5N4O. The number of nitrogens with one attached hydrogen (secondary N) is 1. The predicted octanol–water partition coefficient (Wildman–Crippen LogP) is 5.66. The van der Waals surface area contributed by atoms with Crippen LogP contribution >= 0.6 is 23.2 Å². The number of carbonyl (C=O) groups is 1. The van der Waals surface area contributed by atoms with Crippen LogP contribution in [0.4, 0.5) is 39.0 Å². The molecule has 4 rings (SSSR count). The van der Waals surface area contributed by atoms with Gasteiger partial charge in [0.25, 0.3) is 5.91 Å². The molecule has 0 aliphatic carbocycles. The Labute approximate surface area is 200 Å². The number of nitrogens with zero attached hydrogens (tertiary/aromatic N) is 3. The van der Waals surface area contributed by atoms with Gasteiger partial charge in [-0.3, -0.25) is 4.79 Å². The molecule has 1 aromatic heterocycles. The summed E-state index contributed by atoms with van der Waals surface area (Å²) in [7, 11) is 0. The largest absolute Gasteiger partial charge is 0.367 e. The highest BCUT2D eigenvalue weighted by molar-refractivity contribution is 6.34. The van der Waals surface area contributed by atoms with Gasteiger partial charge in [-0.05, 0) is 30.3 Å². The van der Waals surface area contributed by atoms with Gasteiger partial charge in [0.15, 0.2) is 23.3 Å². The molecule has 0 atom stereocenters. The van der Waals surface area contributed by atoms with Gasteiger partial charge in [0, 0.05) is 38.1 Å². The molecule has 0 spiro atoms. The second-order valence-corrected chi connectivity index (χ2v) is 8.12. The lowest BCUT2D eigenvalue weighted by Crippen LogP contribution is -2.47. The number of hydrogen-bond donors (Lipinski definition) is 1. The summed E-state index contributed by atoms with van der Waals surface area (Å²) in [5, 5.41) is 3.01. The molecule has 0 radical (unpaired) electrons. The monoisotopic (exact) mass is 516 g/mol. The van der Waals surface area contributed by atoms with Gasteiger partial charge in [0.2, 0.25) is 5.82 Å². The molecule has 34 heavy (non-hydrogen) atoms.